The maximum atomic E-state index is 13.2. The number of para-hydroxylation sites is 1. The molecule has 0 fully saturated rings. The smallest absolute Gasteiger partial charge is 0.262 e. The van der Waals surface area contributed by atoms with Gasteiger partial charge in [-0.25, -0.2) is 4.98 Å². The molecule has 0 saturated carbocycles. The van der Waals surface area contributed by atoms with Crippen molar-refractivity contribution >= 4 is 45.6 Å². The predicted molar refractivity (Wildman–Crippen MR) is 133 cm³/mol. The number of rotatable bonds is 9. The van der Waals surface area contributed by atoms with Gasteiger partial charge in [0.25, 0.3) is 5.56 Å². The van der Waals surface area contributed by atoms with Gasteiger partial charge >= 0.3 is 0 Å². The number of ether oxygens (including phenoxy) is 2. The van der Waals surface area contributed by atoms with Crippen LogP contribution in [0.1, 0.15) is 4.88 Å². The van der Waals surface area contributed by atoms with E-state index in [1.165, 1.54) is 23.7 Å². The number of anilines is 1. The van der Waals surface area contributed by atoms with Crippen molar-refractivity contribution in [3.63, 3.8) is 0 Å². The molecule has 0 bridgehead atoms. The Labute approximate surface area is 199 Å². The molecule has 33 heavy (non-hydrogen) atoms. The minimum absolute atomic E-state index is 0.0962. The summed E-state index contributed by atoms with van der Waals surface area (Å²) < 4.78 is 12.2. The van der Waals surface area contributed by atoms with E-state index in [0.717, 1.165) is 6.42 Å². The van der Waals surface area contributed by atoms with Gasteiger partial charge in [-0.05, 0) is 42.1 Å². The van der Waals surface area contributed by atoms with Crippen molar-refractivity contribution in [1.82, 2.24) is 9.55 Å². The second-order valence-electron chi connectivity index (χ2n) is 7.10. The summed E-state index contributed by atoms with van der Waals surface area (Å²) in [5.74, 6) is 1.01. The first kappa shape index (κ1) is 22.9. The number of thioether (sulfide) groups is 1. The molecule has 0 aliphatic carbocycles. The molecule has 2 aromatic heterocycles. The van der Waals surface area contributed by atoms with Crippen LogP contribution in [0.5, 0.6) is 11.5 Å². The van der Waals surface area contributed by atoms with E-state index in [1.807, 2.05) is 35.7 Å². The third kappa shape index (κ3) is 5.37. The summed E-state index contributed by atoms with van der Waals surface area (Å²) in [6.45, 7) is 0.493. The fourth-order valence-electron chi connectivity index (χ4n) is 3.35. The van der Waals surface area contributed by atoms with E-state index in [1.54, 1.807) is 47.3 Å². The first-order valence-electron chi connectivity index (χ1n) is 10.3. The van der Waals surface area contributed by atoms with E-state index in [4.69, 9.17) is 9.47 Å². The Bertz CT molecular complexity index is 1320. The first-order chi connectivity index (χ1) is 16.1. The minimum atomic E-state index is -0.226. The standard InChI is InChI=1S/C24H23N3O4S2/c1-30-16-9-10-20(21(14-16)31-2)25-22(28)15-33-24-26-19-8-4-3-7-18(19)23(29)27(24)12-11-17-6-5-13-32-17/h3-10,13-14H,11-12,15H2,1-2H3,(H,25,28). The van der Waals surface area contributed by atoms with Crippen molar-refractivity contribution in [2.24, 2.45) is 0 Å². The van der Waals surface area contributed by atoms with Crippen LogP contribution in [-0.4, -0.2) is 35.4 Å². The van der Waals surface area contributed by atoms with E-state index in [0.29, 0.717) is 39.8 Å². The van der Waals surface area contributed by atoms with Gasteiger partial charge in [0, 0.05) is 17.5 Å². The Kier molecular flexibility index (Phi) is 7.31. The number of carbonyl (C=O) groups is 1. The molecule has 0 aliphatic rings. The highest BCUT2D eigenvalue weighted by molar-refractivity contribution is 7.99. The number of amides is 1. The summed E-state index contributed by atoms with van der Waals surface area (Å²) >= 11 is 2.89. The van der Waals surface area contributed by atoms with Crippen LogP contribution in [0.15, 0.2) is 69.9 Å². The topological polar surface area (TPSA) is 82.5 Å². The van der Waals surface area contributed by atoms with Crippen LogP contribution in [0.2, 0.25) is 0 Å². The maximum absolute atomic E-state index is 13.2. The third-order valence-corrected chi connectivity index (χ3v) is 6.92. The van der Waals surface area contributed by atoms with Crippen molar-refractivity contribution in [3.05, 3.63) is 75.2 Å². The van der Waals surface area contributed by atoms with Gasteiger partial charge in [-0.1, -0.05) is 30.0 Å². The molecular weight excluding hydrogens is 458 g/mol. The second kappa shape index (κ2) is 10.5. The lowest BCUT2D eigenvalue weighted by Gasteiger charge is -2.14. The number of nitrogens with zero attached hydrogens (tertiary/aromatic N) is 2. The Hall–Kier alpha value is -3.30. The summed E-state index contributed by atoms with van der Waals surface area (Å²) in [5.41, 5.74) is 1.07. The van der Waals surface area contributed by atoms with Gasteiger partial charge in [0.1, 0.15) is 11.5 Å². The van der Waals surface area contributed by atoms with Crippen LogP contribution in [0.3, 0.4) is 0 Å². The number of hydrogen-bond donors (Lipinski definition) is 1. The Morgan fingerprint density at radius 1 is 1.12 bits per heavy atom. The molecule has 0 radical (unpaired) electrons. The van der Waals surface area contributed by atoms with Gasteiger partial charge in [0.2, 0.25) is 5.91 Å². The maximum Gasteiger partial charge on any atom is 0.262 e. The Morgan fingerprint density at radius 2 is 1.97 bits per heavy atom. The molecular formula is C24H23N3O4S2. The number of nitrogens with one attached hydrogen (secondary N) is 1. The van der Waals surface area contributed by atoms with Crippen molar-refractivity contribution in [3.8, 4) is 11.5 Å². The Balaban J connectivity index is 1.54. The van der Waals surface area contributed by atoms with Gasteiger partial charge in [-0.15, -0.1) is 11.3 Å². The zero-order valence-electron chi connectivity index (χ0n) is 18.2. The fraction of sp³-hybridized carbons (Fsp3) is 0.208. The van der Waals surface area contributed by atoms with Gasteiger partial charge in [0.15, 0.2) is 5.16 Å². The van der Waals surface area contributed by atoms with Crippen LogP contribution in [0, 0.1) is 0 Å². The summed E-state index contributed by atoms with van der Waals surface area (Å²) in [4.78, 5) is 31.7. The molecule has 170 valence electrons. The molecule has 0 saturated heterocycles. The van der Waals surface area contributed by atoms with E-state index in [2.05, 4.69) is 10.3 Å². The SMILES string of the molecule is COc1ccc(NC(=O)CSc2nc3ccccc3c(=O)n2CCc2cccs2)c(OC)c1. The Morgan fingerprint density at radius 3 is 2.73 bits per heavy atom. The molecule has 7 nitrogen and oxygen atoms in total. The second-order valence-corrected chi connectivity index (χ2v) is 9.08. The summed E-state index contributed by atoms with van der Waals surface area (Å²) in [6, 6.07) is 16.5. The average molecular weight is 482 g/mol. The lowest BCUT2D eigenvalue weighted by Crippen LogP contribution is -2.25. The summed E-state index contributed by atoms with van der Waals surface area (Å²) in [6.07, 6.45) is 0.723. The highest BCUT2D eigenvalue weighted by Crippen LogP contribution is 2.29. The normalized spacial score (nSPS) is 10.8. The van der Waals surface area contributed by atoms with Crippen molar-refractivity contribution in [2.75, 3.05) is 25.3 Å². The van der Waals surface area contributed by atoms with Crippen molar-refractivity contribution < 1.29 is 14.3 Å². The van der Waals surface area contributed by atoms with Gasteiger partial charge < -0.3 is 14.8 Å². The molecule has 2 aromatic carbocycles. The number of benzene rings is 2. The molecule has 0 spiro atoms. The molecule has 4 rings (SSSR count). The summed E-state index contributed by atoms with van der Waals surface area (Å²) in [5, 5.41) is 5.96. The minimum Gasteiger partial charge on any atom is -0.497 e. The zero-order valence-corrected chi connectivity index (χ0v) is 19.9. The lowest BCUT2D eigenvalue weighted by molar-refractivity contribution is -0.113. The van der Waals surface area contributed by atoms with Crippen LogP contribution in [-0.2, 0) is 17.8 Å². The van der Waals surface area contributed by atoms with E-state index < -0.39 is 0 Å². The molecule has 4 aromatic rings. The molecule has 1 N–H and O–H groups in total. The third-order valence-electron chi connectivity index (χ3n) is 5.00. The van der Waals surface area contributed by atoms with Crippen LogP contribution >= 0.6 is 23.1 Å². The average Bonchev–Trinajstić information content (AvgIpc) is 3.36. The van der Waals surface area contributed by atoms with Crippen molar-refractivity contribution in [2.45, 2.75) is 18.1 Å². The van der Waals surface area contributed by atoms with E-state index in [-0.39, 0.29) is 17.2 Å². The lowest BCUT2D eigenvalue weighted by atomic mass is 10.2. The highest BCUT2D eigenvalue weighted by atomic mass is 32.2. The molecule has 2 heterocycles. The first-order valence-corrected chi connectivity index (χ1v) is 12.1. The zero-order chi connectivity index (χ0) is 23.2. The number of fused-ring (bicyclic) bond motifs is 1. The molecule has 9 heteroatoms. The number of carbonyl (C=O) groups excluding carboxylic acids is 1. The number of thiophene rings is 1. The van der Waals surface area contributed by atoms with Crippen LogP contribution < -0.4 is 20.3 Å². The highest BCUT2D eigenvalue weighted by Gasteiger charge is 2.15. The monoisotopic (exact) mass is 481 g/mol. The number of hydrogen-bond acceptors (Lipinski definition) is 7. The number of aryl methyl sites for hydroxylation is 1. The van der Waals surface area contributed by atoms with Gasteiger partial charge in [-0.2, -0.15) is 0 Å². The van der Waals surface area contributed by atoms with E-state index in [9.17, 15) is 9.59 Å². The molecule has 0 atom stereocenters. The predicted octanol–water partition coefficient (Wildman–Crippen LogP) is 4.45. The fourth-order valence-corrected chi connectivity index (χ4v) is 4.87. The van der Waals surface area contributed by atoms with Gasteiger partial charge in [-0.3, -0.25) is 14.2 Å². The molecule has 0 aliphatic heterocycles. The number of aromatic nitrogens is 2. The largest absolute Gasteiger partial charge is 0.497 e. The molecule has 1 amide bonds. The van der Waals surface area contributed by atoms with E-state index >= 15 is 0 Å². The van der Waals surface area contributed by atoms with Gasteiger partial charge in [0.05, 0.1) is 36.6 Å². The van der Waals surface area contributed by atoms with Crippen LogP contribution in [0.4, 0.5) is 5.69 Å². The number of methoxy groups -OCH3 is 2. The quantitative estimate of drug-likeness (QED) is 0.281. The van der Waals surface area contributed by atoms with Crippen LogP contribution in [0.25, 0.3) is 10.9 Å². The molecule has 0 unspecified atom stereocenters. The van der Waals surface area contributed by atoms with Crippen molar-refractivity contribution in [1.29, 1.82) is 0 Å². The summed E-state index contributed by atoms with van der Waals surface area (Å²) in [7, 11) is 3.10.